The average molecular weight is 279 g/mol. The van der Waals surface area contributed by atoms with Crippen LogP contribution in [0.25, 0.3) is 0 Å². The van der Waals surface area contributed by atoms with Gasteiger partial charge in [-0.2, -0.15) is 0 Å². The minimum Gasteiger partial charge on any atom is -0.436 e. The lowest BCUT2D eigenvalue weighted by Gasteiger charge is -2.09. The van der Waals surface area contributed by atoms with E-state index in [1.165, 1.54) is 0 Å². The zero-order chi connectivity index (χ0) is 11.5. The second-order valence-corrected chi connectivity index (χ2v) is 4.23. The molecule has 1 heterocycles. The second kappa shape index (κ2) is 4.53. The normalized spacial score (nSPS) is 10.1. The summed E-state index contributed by atoms with van der Waals surface area (Å²) in [7, 11) is 0. The van der Waals surface area contributed by atoms with Gasteiger partial charge in [0.25, 0.3) is 0 Å². The number of hydrogen-bond acceptors (Lipinski definition) is 3. The van der Waals surface area contributed by atoms with Crippen LogP contribution < -0.4 is 10.5 Å². The fraction of sp³-hybridized carbons (Fsp3) is 0.0833. The van der Waals surface area contributed by atoms with Crippen LogP contribution in [0.2, 0.25) is 0 Å². The number of aromatic nitrogens is 1. The molecule has 2 aromatic rings. The molecule has 0 atom stereocenters. The number of nitrogens with zero attached hydrogens (tertiary/aromatic N) is 1. The summed E-state index contributed by atoms with van der Waals surface area (Å²) in [5.41, 5.74) is 7.31. The SMILES string of the molecule is Cc1cccc(Oc2c(N)cccc2Br)n1. The molecule has 0 saturated heterocycles. The fourth-order valence-electron chi connectivity index (χ4n) is 1.31. The summed E-state index contributed by atoms with van der Waals surface area (Å²) in [5, 5.41) is 0. The highest BCUT2D eigenvalue weighted by Crippen LogP contribution is 2.34. The van der Waals surface area contributed by atoms with Crippen molar-refractivity contribution in [3.63, 3.8) is 0 Å². The Morgan fingerprint density at radius 1 is 1.19 bits per heavy atom. The minimum absolute atomic E-state index is 0.540. The van der Waals surface area contributed by atoms with E-state index in [-0.39, 0.29) is 0 Å². The fourth-order valence-corrected chi connectivity index (χ4v) is 1.78. The molecule has 2 rings (SSSR count). The van der Waals surface area contributed by atoms with Crippen LogP contribution in [0.1, 0.15) is 5.69 Å². The highest BCUT2D eigenvalue weighted by atomic mass is 79.9. The first kappa shape index (κ1) is 11.0. The summed E-state index contributed by atoms with van der Waals surface area (Å²) in [6.07, 6.45) is 0. The van der Waals surface area contributed by atoms with Gasteiger partial charge in [-0.15, -0.1) is 0 Å². The molecule has 1 aromatic heterocycles. The van der Waals surface area contributed by atoms with Crippen molar-refractivity contribution in [3.05, 3.63) is 46.6 Å². The van der Waals surface area contributed by atoms with Crippen LogP contribution in [0, 0.1) is 6.92 Å². The Labute approximate surface area is 102 Å². The quantitative estimate of drug-likeness (QED) is 0.855. The smallest absolute Gasteiger partial charge is 0.219 e. The lowest BCUT2D eigenvalue weighted by atomic mass is 10.3. The van der Waals surface area contributed by atoms with Gasteiger partial charge < -0.3 is 10.5 Å². The van der Waals surface area contributed by atoms with Crippen LogP contribution in [-0.2, 0) is 0 Å². The summed E-state index contributed by atoms with van der Waals surface area (Å²) >= 11 is 3.39. The molecular weight excluding hydrogens is 268 g/mol. The van der Waals surface area contributed by atoms with Crippen LogP contribution >= 0.6 is 15.9 Å². The zero-order valence-electron chi connectivity index (χ0n) is 8.77. The monoisotopic (exact) mass is 278 g/mol. The van der Waals surface area contributed by atoms with E-state index in [4.69, 9.17) is 10.5 Å². The molecule has 0 radical (unpaired) electrons. The maximum Gasteiger partial charge on any atom is 0.219 e. The van der Waals surface area contributed by atoms with Crippen molar-refractivity contribution in [1.29, 1.82) is 0 Å². The lowest BCUT2D eigenvalue weighted by molar-refractivity contribution is 0.461. The molecule has 82 valence electrons. The molecule has 0 aliphatic heterocycles. The molecule has 0 saturated carbocycles. The Hall–Kier alpha value is -1.55. The van der Waals surface area contributed by atoms with Crippen molar-refractivity contribution in [2.75, 3.05) is 5.73 Å². The van der Waals surface area contributed by atoms with E-state index in [0.29, 0.717) is 17.3 Å². The Morgan fingerprint density at radius 3 is 2.62 bits per heavy atom. The molecule has 0 unspecified atom stereocenters. The van der Waals surface area contributed by atoms with Crippen molar-refractivity contribution in [2.24, 2.45) is 0 Å². The molecule has 16 heavy (non-hydrogen) atoms. The molecule has 3 nitrogen and oxygen atoms in total. The van der Waals surface area contributed by atoms with Gasteiger partial charge in [-0.1, -0.05) is 12.1 Å². The molecule has 4 heteroatoms. The number of hydrogen-bond donors (Lipinski definition) is 1. The number of ether oxygens (including phenoxy) is 1. The number of halogens is 1. The number of aryl methyl sites for hydroxylation is 1. The van der Waals surface area contributed by atoms with Gasteiger partial charge in [-0.3, -0.25) is 0 Å². The van der Waals surface area contributed by atoms with Crippen molar-refractivity contribution in [1.82, 2.24) is 4.98 Å². The molecule has 1 aromatic carbocycles. The van der Waals surface area contributed by atoms with Gasteiger partial charge in [0, 0.05) is 11.8 Å². The molecule has 2 N–H and O–H groups in total. The Bertz CT molecular complexity index is 494. The van der Waals surface area contributed by atoms with Crippen molar-refractivity contribution in [2.45, 2.75) is 6.92 Å². The van der Waals surface area contributed by atoms with E-state index in [1.807, 2.05) is 31.2 Å². The maximum absolute atomic E-state index is 5.82. The number of para-hydroxylation sites is 1. The summed E-state index contributed by atoms with van der Waals surface area (Å²) < 4.78 is 6.45. The van der Waals surface area contributed by atoms with E-state index in [2.05, 4.69) is 20.9 Å². The summed E-state index contributed by atoms with van der Waals surface area (Å²) in [4.78, 5) is 4.25. The average Bonchev–Trinajstić information content (AvgIpc) is 2.24. The van der Waals surface area contributed by atoms with Crippen molar-refractivity contribution >= 4 is 21.6 Å². The molecule has 0 spiro atoms. The summed E-state index contributed by atoms with van der Waals surface area (Å²) in [6.45, 7) is 1.91. The Balaban J connectivity index is 2.34. The Morgan fingerprint density at radius 2 is 1.94 bits per heavy atom. The van der Waals surface area contributed by atoms with E-state index in [1.54, 1.807) is 12.1 Å². The van der Waals surface area contributed by atoms with Gasteiger partial charge in [0.05, 0.1) is 10.2 Å². The van der Waals surface area contributed by atoms with Crippen molar-refractivity contribution in [3.8, 4) is 11.6 Å². The third-order valence-electron chi connectivity index (χ3n) is 2.07. The first-order valence-corrected chi connectivity index (χ1v) is 5.61. The largest absolute Gasteiger partial charge is 0.436 e. The predicted octanol–water partition coefficient (Wildman–Crippen LogP) is 3.53. The highest BCUT2D eigenvalue weighted by molar-refractivity contribution is 9.10. The first-order chi connectivity index (χ1) is 7.66. The number of nitrogen functional groups attached to an aromatic ring is 1. The lowest BCUT2D eigenvalue weighted by Crippen LogP contribution is -1.95. The van der Waals surface area contributed by atoms with E-state index < -0.39 is 0 Å². The zero-order valence-corrected chi connectivity index (χ0v) is 10.4. The number of benzene rings is 1. The third-order valence-corrected chi connectivity index (χ3v) is 2.69. The molecule has 0 bridgehead atoms. The van der Waals surface area contributed by atoms with Crippen LogP contribution in [0.5, 0.6) is 11.6 Å². The summed E-state index contributed by atoms with van der Waals surface area (Å²) in [5.74, 6) is 1.14. The summed E-state index contributed by atoms with van der Waals surface area (Å²) in [6, 6.07) is 11.1. The van der Waals surface area contributed by atoms with Gasteiger partial charge in [-0.25, -0.2) is 4.98 Å². The van der Waals surface area contributed by atoms with Gasteiger partial charge in [0.1, 0.15) is 0 Å². The van der Waals surface area contributed by atoms with Crippen LogP contribution in [0.15, 0.2) is 40.9 Å². The number of rotatable bonds is 2. The van der Waals surface area contributed by atoms with E-state index >= 15 is 0 Å². The molecular formula is C12H11BrN2O. The second-order valence-electron chi connectivity index (χ2n) is 3.38. The number of anilines is 1. The third kappa shape index (κ3) is 2.33. The Kier molecular flexibility index (Phi) is 3.10. The predicted molar refractivity (Wildman–Crippen MR) is 67.6 cm³/mol. The van der Waals surface area contributed by atoms with Crippen molar-refractivity contribution < 1.29 is 4.74 Å². The van der Waals surface area contributed by atoms with Gasteiger partial charge in [0.2, 0.25) is 5.88 Å². The molecule has 0 aliphatic rings. The van der Waals surface area contributed by atoms with Gasteiger partial charge in [-0.05, 0) is 41.1 Å². The van der Waals surface area contributed by atoms with Crippen LogP contribution in [-0.4, -0.2) is 4.98 Å². The molecule has 0 amide bonds. The number of pyridine rings is 1. The highest BCUT2D eigenvalue weighted by Gasteiger charge is 2.07. The van der Waals surface area contributed by atoms with Crippen LogP contribution in [0.4, 0.5) is 5.69 Å². The van der Waals surface area contributed by atoms with Gasteiger partial charge >= 0.3 is 0 Å². The minimum atomic E-state index is 0.540. The van der Waals surface area contributed by atoms with E-state index in [0.717, 1.165) is 10.2 Å². The standard InChI is InChI=1S/C12H11BrN2O/c1-8-4-2-7-11(15-8)16-12-9(13)5-3-6-10(12)14/h2-7H,14H2,1H3. The van der Waals surface area contributed by atoms with E-state index in [9.17, 15) is 0 Å². The topological polar surface area (TPSA) is 48.1 Å². The maximum atomic E-state index is 5.82. The van der Waals surface area contributed by atoms with Crippen LogP contribution in [0.3, 0.4) is 0 Å². The molecule has 0 aliphatic carbocycles. The van der Waals surface area contributed by atoms with Gasteiger partial charge in [0.15, 0.2) is 5.75 Å². The molecule has 0 fully saturated rings. The first-order valence-electron chi connectivity index (χ1n) is 4.82. The number of nitrogens with two attached hydrogens (primary N) is 1.